The molecule has 3 rings (SSSR count). The molecule has 0 fully saturated rings. The third-order valence-electron chi connectivity index (χ3n) is 2.57. The topological polar surface area (TPSA) is 59.2 Å². The summed E-state index contributed by atoms with van der Waals surface area (Å²) < 4.78 is 5.16. The van der Waals surface area contributed by atoms with E-state index in [-0.39, 0.29) is 5.75 Å². The zero-order chi connectivity index (χ0) is 13.2. The quantitative estimate of drug-likeness (QED) is 0.799. The predicted octanol–water partition coefficient (Wildman–Crippen LogP) is 3.75. The molecule has 0 spiro atoms. The maximum absolute atomic E-state index is 9.80. The molecule has 3 aromatic rings. The normalized spacial score (nSPS) is 10.8. The summed E-state index contributed by atoms with van der Waals surface area (Å²) in [5.41, 5.74) is 0.481. The standard InChI is InChI=1S/C13H9ClN2O2S/c14-8-3-4-10(11(17)6-8)13-15-12(16-18-13)7-9-2-1-5-19-9/h1-6,17H,7H2. The van der Waals surface area contributed by atoms with Crippen LogP contribution in [-0.2, 0) is 6.42 Å². The van der Waals surface area contributed by atoms with E-state index in [1.807, 2.05) is 17.5 Å². The van der Waals surface area contributed by atoms with E-state index in [9.17, 15) is 5.11 Å². The predicted molar refractivity (Wildman–Crippen MR) is 73.5 cm³/mol. The summed E-state index contributed by atoms with van der Waals surface area (Å²) in [7, 11) is 0. The molecule has 1 aromatic carbocycles. The molecule has 6 heteroatoms. The Morgan fingerprint density at radius 2 is 2.21 bits per heavy atom. The van der Waals surface area contributed by atoms with Crippen LogP contribution in [0.1, 0.15) is 10.7 Å². The number of aromatic hydroxyl groups is 1. The highest BCUT2D eigenvalue weighted by molar-refractivity contribution is 7.09. The van der Waals surface area contributed by atoms with E-state index in [1.54, 1.807) is 23.5 Å². The number of thiophene rings is 1. The number of phenols is 1. The van der Waals surface area contributed by atoms with Gasteiger partial charge in [-0.05, 0) is 29.6 Å². The maximum atomic E-state index is 9.80. The molecule has 0 aliphatic rings. The molecular formula is C13H9ClN2O2S. The van der Waals surface area contributed by atoms with E-state index in [0.29, 0.717) is 28.7 Å². The molecule has 2 heterocycles. The van der Waals surface area contributed by atoms with Gasteiger partial charge in [0.2, 0.25) is 0 Å². The fourth-order valence-corrected chi connectivity index (χ4v) is 2.56. The molecule has 0 amide bonds. The lowest BCUT2D eigenvalue weighted by atomic mass is 10.2. The van der Waals surface area contributed by atoms with Crippen LogP contribution in [0.3, 0.4) is 0 Å². The third kappa shape index (κ3) is 2.62. The van der Waals surface area contributed by atoms with Gasteiger partial charge in [0.25, 0.3) is 5.89 Å². The molecule has 1 N–H and O–H groups in total. The summed E-state index contributed by atoms with van der Waals surface area (Å²) in [5.74, 6) is 0.909. The Labute approximate surface area is 118 Å². The molecule has 96 valence electrons. The average Bonchev–Trinajstić information content (AvgIpc) is 3.01. The van der Waals surface area contributed by atoms with E-state index in [2.05, 4.69) is 10.1 Å². The molecular weight excluding hydrogens is 284 g/mol. The highest BCUT2D eigenvalue weighted by Crippen LogP contribution is 2.30. The molecule has 0 unspecified atom stereocenters. The van der Waals surface area contributed by atoms with Crippen molar-refractivity contribution in [2.45, 2.75) is 6.42 Å². The molecule has 19 heavy (non-hydrogen) atoms. The summed E-state index contributed by atoms with van der Waals surface area (Å²) in [5, 5.41) is 16.2. The van der Waals surface area contributed by atoms with Crippen molar-refractivity contribution < 1.29 is 9.63 Å². The summed E-state index contributed by atoms with van der Waals surface area (Å²) in [6, 6.07) is 8.76. The van der Waals surface area contributed by atoms with Crippen LogP contribution in [0.4, 0.5) is 0 Å². The molecule has 0 aliphatic carbocycles. The van der Waals surface area contributed by atoms with E-state index in [1.165, 1.54) is 6.07 Å². The minimum atomic E-state index is 0.0267. The van der Waals surface area contributed by atoms with Crippen LogP contribution < -0.4 is 0 Å². The number of hydrogen-bond donors (Lipinski definition) is 1. The van der Waals surface area contributed by atoms with Crippen LogP contribution in [0.15, 0.2) is 40.2 Å². The molecule has 0 saturated carbocycles. The van der Waals surface area contributed by atoms with Gasteiger partial charge < -0.3 is 9.63 Å². The Morgan fingerprint density at radius 1 is 1.32 bits per heavy atom. The number of hydrogen-bond acceptors (Lipinski definition) is 5. The van der Waals surface area contributed by atoms with Crippen LogP contribution >= 0.6 is 22.9 Å². The number of aromatic nitrogens is 2. The molecule has 0 radical (unpaired) electrons. The zero-order valence-corrected chi connectivity index (χ0v) is 11.3. The fraction of sp³-hybridized carbons (Fsp3) is 0.0769. The van der Waals surface area contributed by atoms with Gasteiger partial charge in [-0.25, -0.2) is 0 Å². The van der Waals surface area contributed by atoms with Crippen molar-refractivity contribution >= 4 is 22.9 Å². The first kappa shape index (κ1) is 12.2. The van der Waals surface area contributed by atoms with Gasteiger partial charge >= 0.3 is 0 Å². The molecule has 4 nitrogen and oxygen atoms in total. The molecule has 0 bridgehead atoms. The van der Waals surface area contributed by atoms with Crippen LogP contribution in [0.5, 0.6) is 5.75 Å². The van der Waals surface area contributed by atoms with Crippen LogP contribution in [0.25, 0.3) is 11.5 Å². The summed E-state index contributed by atoms with van der Waals surface area (Å²) >= 11 is 7.42. The van der Waals surface area contributed by atoms with Crippen LogP contribution in [0.2, 0.25) is 5.02 Å². The van der Waals surface area contributed by atoms with Crippen molar-refractivity contribution in [1.82, 2.24) is 10.1 Å². The summed E-state index contributed by atoms with van der Waals surface area (Å²) in [6.07, 6.45) is 0.621. The molecule has 0 atom stereocenters. The van der Waals surface area contributed by atoms with Crippen LogP contribution in [-0.4, -0.2) is 15.2 Å². The second kappa shape index (κ2) is 5.03. The van der Waals surface area contributed by atoms with E-state index >= 15 is 0 Å². The van der Waals surface area contributed by atoms with E-state index in [4.69, 9.17) is 16.1 Å². The molecule has 0 aliphatic heterocycles. The summed E-state index contributed by atoms with van der Waals surface area (Å²) in [6.45, 7) is 0. The maximum Gasteiger partial charge on any atom is 0.261 e. The first-order chi connectivity index (χ1) is 9.22. The van der Waals surface area contributed by atoms with Gasteiger partial charge in [-0.2, -0.15) is 4.98 Å². The van der Waals surface area contributed by atoms with Crippen molar-refractivity contribution in [1.29, 1.82) is 0 Å². The highest BCUT2D eigenvalue weighted by atomic mass is 35.5. The largest absolute Gasteiger partial charge is 0.507 e. The number of nitrogens with zero attached hydrogens (tertiary/aromatic N) is 2. The van der Waals surface area contributed by atoms with E-state index < -0.39 is 0 Å². The minimum Gasteiger partial charge on any atom is -0.507 e. The first-order valence-corrected chi connectivity index (χ1v) is 6.82. The number of phenolic OH excluding ortho intramolecular Hbond substituents is 1. The van der Waals surface area contributed by atoms with Gasteiger partial charge in [0.05, 0.1) is 5.56 Å². The minimum absolute atomic E-state index is 0.0267. The van der Waals surface area contributed by atoms with Gasteiger partial charge in [0.1, 0.15) is 5.75 Å². The van der Waals surface area contributed by atoms with Crippen molar-refractivity contribution in [2.75, 3.05) is 0 Å². The van der Waals surface area contributed by atoms with Crippen molar-refractivity contribution in [3.05, 3.63) is 51.4 Å². The number of halogens is 1. The van der Waals surface area contributed by atoms with Crippen LogP contribution in [0, 0.1) is 0 Å². The van der Waals surface area contributed by atoms with Crippen molar-refractivity contribution in [2.24, 2.45) is 0 Å². The Morgan fingerprint density at radius 3 is 2.95 bits per heavy atom. The zero-order valence-electron chi connectivity index (χ0n) is 9.71. The second-order valence-corrected chi connectivity index (χ2v) is 5.40. The summed E-state index contributed by atoms with van der Waals surface area (Å²) in [4.78, 5) is 5.43. The number of benzene rings is 1. The number of rotatable bonds is 3. The van der Waals surface area contributed by atoms with Gasteiger partial charge in [-0.15, -0.1) is 11.3 Å². The molecule has 2 aromatic heterocycles. The highest BCUT2D eigenvalue weighted by Gasteiger charge is 2.13. The Kier molecular flexibility index (Phi) is 3.23. The Bertz CT molecular complexity index is 694. The smallest absolute Gasteiger partial charge is 0.261 e. The SMILES string of the molecule is Oc1cc(Cl)ccc1-c1nc(Cc2cccs2)no1. The van der Waals surface area contributed by atoms with Gasteiger partial charge in [0, 0.05) is 16.3 Å². The molecule has 0 saturated heterocycles. The lowest BCUT2D eigenvalue weighted by molar-refractivity contribution is 0.418. The van der Waals surface area contributed by atoms with Gasteiger partial charge in [-0.1, -0.05) is 22.8 Å². The fourth-order valence-electron chi connectivity index (χ4n) is 1.69. The lowest BCUT2D eigenvalue weighted by Crippen LogP contribution is -1.87. The third-order valence-corrected chi connectivity index (χ3v) is 3.68. The van der Waals surface area contributed by atoms with Crippen molar-refractivity contribution in [3.8, 4) is 17.2 Å². The average molecular weight is 293 g/mol. The van der Waals surface area contributed by atoms with Gasteiger partial charge in [-0.3, -0.25) is 0 Å². The Hall–Kier alpha value is -1.85. The second-order valence-electron chi connectivity index (χ2n) is 3.93. The van der Waals surface area contributed by atoms with E-state index in [0.717, 1.165) is 4.88 Å². The lowest BCUT2D eigenvalue weighted by Gasteiger charge is -1.98. The monoisotopic (exact) mass is 292 g/mol. The van der Waals surface area contributed by atoms with Crippen molar-refractivity contribution in [3.63, 3.8) is 0 Å². The Balaban J connectivity index is 1.88. The van der Waals surface area contributed by atoms with Gasteiger partial charge in [0.15, 0.2) is 5.82 Å². The first-order valence-electron chi connectivity index (χ1n) is 5.56.